The lowest BCUT2D eigenvalue weighted by atomic mass is 9.83. The van der Waals surface area contributed by atoms with Crippen LogP contribution >= 0.6 is 11.6 Å². The molecule has 18 heavy (non-hydrogen) atoms. The summed E-state index contributed by atoms with van der Waals surface area (Å²) in [5.41, 5.74) is 3.38. The maximum atomic E-state index is 11.9. The second-order valence-corrected chi connectivity index (χ2v) is 5.77. The van der Waals surface area contributed by atoms with E-state index in [0.717, 1.165) is 12.1 Å². The van der Waals surface area contributed by atoms with Crippen LogP contribution in [-0.2, 0) is 16.6 Å². The Morgan fingerprint density at radius 2 is 1.94 bits per heavy atom. The van der Waals surface area contributed by atoms with Crippen LogP contribution in [0.4, 0.5) is 5.69 Å². The number of para-hydroxylation sites is 1. The van der Waals surface area contributed by atoms with Gasteiger partial charge < -0.3 is 4.90 Å². The minimum absolute atomic E-state index is 0.00136. The molecule has 0 unspecified atom stereocenters. The molecule has 0 aliphatic carbocycles. The lowest BCUT2D eigenvalue weighted by Gasteiger charge is -2.29. The zero-order valence-corrected chi connectivity index (χ0v) is 12.6. The van der Waals surface area contributed by atoms with Gasteiger partial charge in [0.2, 0.25) is 5.91 Å². The summed E-state index contributed by atoms with van der Waals surface area (Å²) >= 11 is 5.67. The molecule has 1 aromatic rings. The molecular weight excluding hydrogens is 246 g/mol. The largest absolute Gasteiger partial charge is 0.314 e. The van der Waals surface area contributed by atoms with Crippen LogP contribution in [-0.4, -0.2) is 18.8 Å². The van der Waals surface area contributed by atoms with Gasteiger partial charge in [-0.25, -0.2) is 0 Å². The average Bonchev–Trinajstić information content (AvgIpc) is 2.34. The third-order valence-electron chi connectivity index (χ3n) is 3.13. The Balaban J connectivity index is 3.42. The number of carbonyl (C=O) groups is 1. The van der Waals surface area contributed by atoms with E-state index in [1.54, 1.807) is 11.9 Å². The Morgan fingerprint density at radius 1 is 1.33 bits per heavy atom. The summed E-state index contributed by atoms with van der Waals surface area (Å²) in [6.45, 7) is 8.57. The van der Waals surface area contributed by atoms with Gasteiger partial charge in [-0.1, -0.05) is 45.9 Å². The standard InChI is InChI=1S/C15H22ClNO/c1-6-11-8-7-9-12(15(2,3)4)14(11)17(5)13(18)10-16/h7-9H,6,10H2,1-5H3. The molecule has 0 aliphatic heterocycles. The molecule has 0 aliphatic rings. The molecule has 0 heterocycles. The molecule has 0 aromatic heterocycles. The van der Waals surface area contributed by atoms with Gasteiger partial charge in [-0.3, -0.25) is 4.79 Å². The van der Waals surface area contributed by atoms with Crippen molar-refractivity contribution in [2.24, 2.45) is 0 Å². The summed E-state index contributed by atoms with van der Waals surface area (Å²) in [7, 11) is 1.80. The Labute approximate surface area is 115 Å². The zero-order valence-electron chi connectivity index (χ0n) is 11.9. The van der Waals surface area contributed by atoms with Crippen molar-refractivity contribution in [1.82, 2.24) is 0 Å². The molecule has 0 radical (unpaired) electrons. The summed E-state index contributed by atoms with van der Waals surface area (Å²) < 4.78 is 0. The third-order valence-corrected chi connectivity index (χ3v) is 3.36. The third kappa shape index (κ3) is 3.05. The predicted octanol–water partition coefficient (Wildman–Crippen LogP) is 3.75. The first-order valence-electron chi connectivity index (χ1n) is 6.27. The number of aryl methyl sites for hydroxylation is 1. The van der Waals surface area contributed by atoms with E-state index in [1.165, 1.54) is 11.1 Å². The quantitative estimate of drug-likeness (QED) is 0.764. The number of hydrogen-bond donors (Lipinski definition) is 0. The average molecular weight is 268 g/mol. The van der Waals surface area contributed by atoms with Crippen LogP contribution < -0.4 is 4.90 Å². The van der Waals surface area contributed by atoms with E-state index in [0.29, 0.717) is 0 Å². The summed E-state index contributed by atoms with van der Waals surface area (Å²) in [4.78, 5) is 13.5. The molecule has 0 saturated heterocycles. The van der Waals surface area contributed by atoms with Gasteiger partial charge in [0.05, 0.1) is 5.69 Å². The van der Waals surface area contributed by atoms with E-state index < -0.39 is 0 Å². The Bertz CT molecular complexity index is 435. The van der Waals surface area contributed by atoms with Crippen LogP contribution in [0.25, 0.3) is 0 Å². The maximum Gasteiger partial charge on any atom is 0.241 e. The van der Waals surface area contributed by atoms with Gasteiger partial charge in [-0.15, -0.1) is 11.6 Å². The molecule has 3 heteroatoms. The smallest absolute Gasteiger partial charge is 0.241 e. The first-order chi connectivity index (χ1) is 8.32. The molecule has 0 spiro atoms. The minimum Gasteiger partial charge on any atom is -0.314 e. The topological polar surface area (TPSA) is 20.3 Å². The molecular formula is C15H22ClNO. The highest BCUT2D eigenvalue weighted by Gasteiger charge is 2.24. The molecule has 0 saturated carbocycles. The van der Waals surface area contributed by atoms with Crippen molar-refractivity contribution < 1.29 is 4.79 Å². The Hall–Kier alpha value is -1.02. The number of hydrogen-bond acceptors (Lipinski definition) is 1. The van der Waals surface area contributed by atoms with Crippen molar-refractivity contribution in [3.8, 4) is 0 Å². The number of anilines is 1. The fourth-order valence-corrected chi connectivity index (χ4v) is 2.27. The van der Waals surface area contributed by atoms with Crippen LogP contribution in [0.1, 0.15) is 38.8 Å². The van der Waals surface area contributed by atoms with Crippen molar-refractivity contribution in [3.63, 3.8) is 0 Å². The van der Waals surface area contributed by atoms with E-state index in [2.05, 4.69) is 45.9 Å². The van der Waals surface area contributed by atoms with E-state index in [9.17, 15) is 4.79 Å². The van der Waals surface area contributed by atoms with Crippen LogP contribution in [0.15, 0.2) is 18.2 Å². The number of amides is 1. The van der Waals surface area contributed by atoms with Gasteiger partial charge in [0.15, 0.2) is 0 Å². The summed E-state index contributed by atoms with van der Waals surface area (Å²) in [6.07, 6.45) is 0.902. The molecule has 0 fully saturated rings. The van der Waals surface area contributed by atoms with Crippen molar-refractivity contribution in [1.29, 1.82) is 0 Å². The van der Waals surface area contributed by atoms with E-state index in [4.69, 9.17) is 11.6 Å². The number of rotatable bonds is 3. The number of halogens is 1. The Morgan fingerprint density at radius 3 is 2.39 bits per heavy atom. The zero-order chi connectivity index (χ0) is 13.9. The lowest BCUT2D eigenvalue weighted by molar-refractivity contribution is -0.116. The van der Waals surface area contributed by atoms with E-state index >= 15 is 0 Å². The van der Waals surface area contributed by atoms with Crippen molar-refractivity contribution in [2.75, 3.05) is 17.8 Å². The highest BCUT2D eigenvalue weighted by Crippen LogP contribution is 2.34. The summed E-state index contributed by atoms with van der Waals surface area (Å²) in [5, 5.41) is 0. The summed E-state index contributed by atoms with van der Waals surface area (Å²) in [6, 6.07) is 6.22. The van der Waals surface area contributed by atoms with Gasteiger partial charge in [0.1, 0.15) is 5.88 Å². The fraction of sp³-hybridized carbons (Fsp3) is 0.533. The van der Waals surface area contributed by atoms with Crippen LogP contribution in [0.2, 0.25) is 0 Å². The van der Waals surface area contributed by atoms with Gasteiger partial charge >= 0.3 is 0 Å². The molecule has 1 aromatic carbocycles. The SMILES string of the molecule is CCc1cccc(C(C)(C)C)c1N(C)C(=O)CCl. The van der Waals surface area contributed by atoms with Crippen molar-refractivity contribution in [2.45, 2.75) is 39.5 Å². The van der Waals surface area contributed by atoms with Crippen molar-refractivity contribution in [3.05, 3.63) is 29.3 Å². The van der Waals surface area contributed by atoms with Gasteiger partial charge in [-0.05, 0) is 23.0 Å². The second kappa shape index (κ2) is 5.75. The molecule has 2 nitrogen and oxygen atoms in total. The fourth-order valence-electron chi connectivity index (χ4n) is 2.09. The lowest BCUT2D eigenvalue weighted by Crippen LogP contribution is -2.31. The first-order valence-corrected chi connectivity index (χ1v) is 6.81. The number of carbonyl (C=O) groups excluding carboxylic acids is 1. The number of nitrogens with zero attached hydrogens (tertiary/aromatic N) is 1. The maximum absolute atomic E-state index is 11.9. The highest BCUT2D eigenvalue weighted by molar-refractivity contribution is 6.29. The molecule has 0 atom stereocenters. The monoisotopic (exact) mass is 267 g/mol. The van der Waals surface area contributed by atoms with Crippen LogP contribution in [0.3, 0.4) is 0 Å². The predicted molar refractivity (Wildman–Crippen MR) is 78.7 cm³/mol. The molecule has 1 amide bonds. The van der Waals surface area contributed by atoms with E-state index in [-0.39, 0.29) is 17.2 Å². The molecule has 0 N–H and O–H groups in total. The van der Waals surface area contributed by atoms with Gasteiger partial charge in [0.25, 0.3) is 0 Å². The highest BCUT2D eigenvalue weighted by atomic mass is 35.5. The molecule has 1 rings (SSSR count). The minimum atomic E-state index is -0.0666. The van der Waals surface area contributed by atoms with E-state index in [1.807, 2.05) is 0 Å². The van der Waals surface area contributed by atoms with Crippen LogP contribution in [0, 0.1) is 0 Å². The molecule has 0 bridgehead atoms. The van der Waals surface area contributed by atoms with Gasteiger partial charge in [-0.2, -0.15) is 0 Å². The molecule has 100 valence electrons. The van der Waals surface area contributed by atoms with Gasteiger partial charge in [0, 0.05) is 7.05 Å². The van der Waals surface area contributed by atoms with Crippen LogP contribution in [0.5, 0.6) is 0 Å². The Kier molecular flexibility index (Phi) is 4.80. The second-order valence-electron chi connectivity index (χ2n) is 5.50. The summed E-state index contributed by atoms with van der Waals surface area (Å²) in [5.74, 6) is -0.0546. The number of alkyl halides is 1. The first kappa shape index (κ1) is 15.0. The number of benzene rings is 1. The normalized spacial score (nSPS) is 11.4. The van der Waals surface area contributed by atoms with Crippen molar-refractivity contribution >= 4 is 23.2 Å².